The molecule has 0 radical (unpaired) electrons. The first-order chi connectivity index (χ1) is 28.0. The van der Waals surface area contributed by atoms with Gasteiger partial charge in [-0.15, -0.1) is 0 Å². The molecule has 1 N–H and O–H groups in total. The Bertz CT molecular complexity index is 2500. The van der Waals surface area contributed by atoms with Crippen LogP contribution in [0.15, 0.2) is 77.9 Å². The van der Waals surface area contributed by atoms with Crippen LogP contribution < -0.4 is 5.56 Å². The summed E-state index contributed by atoms with van der Waals surface area (Å²) in [6, 6.07) is 18.5. The monoisotopic (exact) mass is 938 g/mol. The minimum absolute atomic E-state index is 0.136. The zero-order chi connectivity index (χ0) is 42.4. The van der Waals surface area contributed by atoms with Gasteiger partial charge in [-0.25, -0.2) is 15.0 Å². The second-order valence-electron chi connectivity index (χ2n) is 14.4. The van der Waals surface area contributed by atoms with Crippen LogP contribution in [0.5, 0.6) is 0 Å². The first-order valence-electron chi connectivity index (χ1n) is 18.6. The van der Waals surface area contributed by atoms with E-state index in [-0.39, 0.29) is 30.0 Å². The number of hydrogen-bond acceptors (Lipinski definition) is 11. The summed E-state index contributed by atoms with van der Waals surface area (Å²) in [7, 11) is 0. The molecule has 6 aromatic rings. The molecule has 0 spiro atoms. The maximum Gasteiger partial charge on any atom is 0.339 e. The second-order valence-corrected chi connectivity index (χ2v) is 22.2. The molecule has 4 aromatic heterocycles. The fourth-order valence-corrected chi connectivity index (χ4v) is 7.92. The summed E-state index contributed by atoms with van der Waals surface area (Å²) < 4.78 is 21.1. The number of aromatic nitrogens is 6. The summed E-state index contributed by atoms with van der Waals surface area (Å²) in [5, 5.41) is -0.215. The van der Waals surface area contributed by atoms with Gasteiger partial charge in [-0.2, -0.15) is 0 Å². The van der Waals surface area contributed by atoms with Crippen molar-refractivity contribution < 1.29 is 14.0 Å². The summed E-state index contributed by atoms with van der Waals surface area (Å²) in [5.41, 5.74) is 4.45. The Morgan fingerprint density at radius 3 is 1.63 bits per heavy atom. The highest BCUT2D eigenvalue weighted by Gasteiger charge is 2.24. The molecule has 8 rings (SSSR count). The molecule has 0 amide bonds. The summed E-state index contributed by atoms with van der Waals surface area (Å²) >= 11 is 32.8. The first kappa shape index (κ1) is 45.6. The molecule has 2 aliphatic heterocycles. The van der Waals surface area contributed by atoms with E-state index in [4.69, 9.17) is 49.3 Å². The van der Waals surface area contributed by atoms with Crippen LogP contribution in [0.3, 0.4) is 0 Å². The van der Waals surface area contributed by atoms with Gasteiger partial charge >= 0.3 is 5.20 Å². The van der Waals surface area contributed by atoms with E-state index in [1.165, 1.54) is 0 Å². The fourth-order valence-electron chi connectivity index (χ4n) is 7.20. The number of rotatable bonds is 6. The highest BCUT2D eigenvalue weighted by atomic mass is 36.0. The van der Waals surface area contributed by atoms with Crippen LogP contribution in [-0.2, 0) is 27.1 Å². The van der Waals surface area contributed by atoms with E-state index >= 15 is 0 Å². The lowest BCUT2D eigenvalue weighted by Gasteiger charge is -2.34. The van der Waals surface area contributed by atoms with Gasteiger partial charge in [0.05, 0.1) is 75.4 Å². The van der Waals surface area contributed by atoms with Gasteiger partial charge in [-0.05, 0) is 110 Å². The number of pyridine rings is 2. The van der Waals surface area contributed by atoms with Crippen molar-refractivity contribution in [3.8, 4) is 22.5 Å². The highest BCUT2D eigenvalue weighted by molar-refractivity contribution is 8.24. The van der Waals surface area contributed by atoms with Gasteiger partial charge in [0.15, 0.2) is 0 Å². The first-order valence-corrected chi connectivity index (χ1v) is 24.2. The van der Waals surface area contributed by atoms with Gasteiger partial charge in [0, 0.05) is 55.1 Å². The van der Waals surface area contributed by atoms with E-state index in [2.05, 4.69) is 96.1 Å². The number of fused-ring (bicyclic) bond motifs is 2. The second kappa shape index (κ2) is 20.3. The maximum absolute atomic E-state index is 12.5. The van der Waals surface area contributed by atoms with Crippen LogP contribution >= 0.6 is 73.7 Å². The van der Waals surface area contributed by atoms with Crippen LogP contribution in [-0.4, -0.2) is 90.3 Å². The van der Waals surface area contributed by atoms with E-state index in [0.29, 0.717) is 56.5 Å². The SMILES string of the molecule is C[C@@H]1CN(Cc2nc(Cl)c3ccc(-c4ncccc4Cl)cc3n2)C[C@@H](C)O1.C[C@@H]1CN(Cc2nc3cc(-c4ncccc4Cl)ccc3c(=O)[nH]2)C[C@@H](C)O1.O=P(Cl)(Cl)Cl. The Kier molecular flexibility index (Phi) is 15.6. The summed E-state index contributed by atoms with van der Waals surface area (Å²) in [5.74, 6) is 1.36. The number of morpholine rings is 2. The Morgan fingerprint density at radius 2 is 1.14 bits per heavy atom. The zero-order valence-electron chi connectivity index (χ0n) is 32.5. The predicted octanol–water partition coefficient (Wildman–Crippen LogP) is 10.7. The normalized spacial score (nSPS) is 20.1. The number of hydrogen-bond donors (Lipinski definition) is 1. The molecule has 19 heteroatoms. The molecule has 2 aliphatic rings. The van der Waals surface area contributed by atoms with E-state index in [0.717, 1.165) is 53.9 Å². The molecule has 0 bridgehead atoms. The van der Waals surface area contributed by atoms with Crippen molar-refractivity contribution in [1.82, 2.24) is 39.7 Å². The van der Waals surface area contributed by atoms with Crippen LogP contribution in [0.25, 0.3) is 44.3 Å². The minimum atomic E-state index is -3.22. The number of nitrogens with zero attached hydrogens (tertiary/aromatic N) is 7. The van der Waals surface area contributed by atoms with Crippen LogP contribution in [0.1, 0.15) is 39.3 Å². The lowest BCUT2D eigenvalue weighted by atomic mass is 10.1. The fraction of sp³-hybridized carbons (Fsp3) is 0.350. The van der Waals surface area contributed by atoms with Crippen molar-refractivity contribution in [1.29, 1.82) is 0 Å². The van der Waals surface area contributed by atoms with Crippen molar-refractivity contribution in [2.75, 3.05) is 26.2 Å². The summed E-state index contributed by atoms with van der Waals surface area (Å²) in [6.45, 7) is 12.8. The molecule has 6 heterocycles. The largest absolute Gasteiger partial charge is 0.373 e. The Balaban J connectivity index is 0.000000178. The number of aromatic amines is 1. The van der Waals surface area contributed by atoms with E-state index in [9.17, 15) is 9.36 Å². The van der Waals surface area contributed by atoms with Crippen molar-refractivity contribution in [2.45, 2.75) is 65.2 Å². The van der Waals surface area contributed by atoms with Gasteiger partial charge in [0.2, 0.25) is 0 Å². The molecule has 0 saturated carbocycles. The lowest BCUT2D eigenvalue weighted by molar-refractivity contribution is -0.0712. The molecule has 4 atom stereocenters. The molecule has 12 nitrogen and oxygen atoms in total. The van der Waals surface area contributed by atoms with Gasteiger partial charge in [-0.1, -0.05) is 46.9 Å². The third kappa shape index (κ3) is 13.0. The highest BCUT2D eigenvalue weighted by Crippen LogP contribution is 2.61. The molecule has 0 aliphatic carbocycles. The molecule has 2 saturated heterocycles. The van der Waals surface area contributed by atoms with Gasteiger partial charge in [0.25, 0.3) is 5.56 Å². The summed E-state index contributed by atoms with van der Waals surface area (Å²) in [6.07, 6.45) is 4.15. The summed E-state index contributed by atoms with van der Waals surface area (Å²) in [4.78, 5) is 42.6. The van der Waals surface area contributed by atoms with E-state index < -0.39 is 5.20 Å². The van der Waals surface area contributed by atoms with Crippen molar-refractivity contribution >= 4 is 95.5 Å². The standard InChI is InChI=1S/C20H20Cl2N4O.C20H21ClN4O2.Cl3OP/c1-12-9-26(10-13(2)27-12)11-18-24-17-8-14(5-6-15(17)20(22)25-18)19-16(21)4-3-7-23-19;1-12-9-25(10-13(2)27-12)11-18-23-17-8-14(5-6-15(17)20(26)24-18)19-16(21)4-3-7-22-19;1-5(2,3)4/h3-8,12-13H,9-11H2,1-2H3;3-8,12-13H,9-11H2,1-2H3,(H,23,24,26);/t2*12-,13-;/m11./s1. The van der Waals surface area contributed by atoms with E-state index in [1.807, 2.05) is 42.5 Å². The number of H-pyrrole nitrogens is 1. The third-order valence-electron chi connectivity index (χ3n) is 9.24. The molecule has 2 fully saturated rings. The van der Waals surface area contributed by atoms with Crippen LogP contribution in [0.2, 0.25) is 15.2 Å². The van der Waals surface area contributed by atoms with Crippen molar-refractivity contribution in [3.63, 3.8) is 0 Å². The minimum Gasteiger partial charge on any atom is -0.373 e. The lowest BCUT2D eigenvalue weighted by Crippen LogP contribution is -2.45. The molecule has 59 heavy (non-hydrogen) atoms. The molecule has 0 unspecified atom stereocenters. The number of ether oxygens (including phenoxy) is 2. The topological polar surface area (TPSA) is 139 Å². The van der Waals surface area contributed by atoms with Gasteiger partial charge < -0.3 is 14.5 Å². The number of benzene rings is 2. The zero-order valence-corrected chi connectivity index (χ0v) is 37.9. The Labute approximate surface area is 371 Å². The van der Waals surface area contributed by atoms with Crippen LogP contribution in [0, 0.1) is 0 Å². The quantitative estimate of drug-likeness (QED) is 0.126. The molecular formula is C40H41Cl6N8O4P. The number of halogens is 6. The average Bonchev–Trinajstić information content (AvgIpc) is 3.13. The Morgan fingerprint density at radius 1 is 0.678 bits per heavy atom. The maximum atomic E-state index is 12.5. The van der Waals surface area contributed by atoms with Crippen molar-refractivity contribution in [2.24, 2.45) is 0 Å². The van der Waals surface area contributed by atoms with Gasteiger partial charge in [-0.3, -0.25) is 29.1 Å². The average molecular weight is 942 g/mol. The smallest absolute Gasteiger partial charge is 0.339 e. The molecular weight excluding hydrogens is 900 g/mol. The van der Waals surface area contributed by atoms with Crippen LogP contribution in [0.4, 0.5) is 0 Å². The Hall–Kier alpha value is -2.97. The van der Waals surface area contributed by atoms with E-state index in [1.54, 1.807) is 30.6 Å². The molecule has 2 aromatic carbocycles. The van der Waals surface area contributed by atoms with Gasteiger partial charge in [0.1, 0.15) is 16.8 Å². The molecule has 312 valence electrons. The van der Waals surface area contributed by atoms with Crippen molar-refractivity contribution in [3.05, 3.63) is 110 Å². The third-order valence-corrected chi connectivity index (χ3v) is 10.1. The predicted molar refractivity (Wildman–Crippen MR) is 239 cm³/mol. The number of nitrogens with one attached hydrogen (secondary N) is 1.